The van der Waals surface area contributed by atoms with Crippen LogP contribution in [-0.2, 0) is 20.9 Å². The van der Waals surface area contributed by atoms with Crippen LogP contribution >= 0.6 is 0 Å². The molecule has 7 heteroatoms. The van der Waals surface area contributed by atoms with Crippen molar-refractivity contribution in [3.63, 3.8) is 0 Å². The fourth-order valence-corrected chi connectivity index (χ4v) is 2.73. The summed E-state index contributed by atoms with van der Waals surface area (Å²) < 4.78 is 10.3. The molecule has 0 fully saturated rings. The third kappa shape index (κ3) is 4.63. The fourth-order valence-electron chi connectivity index (χ4n) is 2.73. The Bertz CT molecular complexity index is 848. The van der Waals surface area contributed by atoms with E-state index < -0.39 is 0 Å². The SMILES string of the molecule is CC(=O)OCCOc1ccc(C(=O)N2CC(=O)[N]Cc3ccccc32)cc1. The van der Waals surface area contributed by atoms with Gasteiger partial charge >= 0.3 is 5.97 Å². The van der Waals surface area contributed by atoms with Crippen molar-refractivity contribution in [1.82, 2.24) is 5.32 Å². The quantitative estimate of drug-likeness (QED) is 0.595. The van der Waals surface area contributed by atoms with Crippen LogP contribution < -0.4 is 15.0 Å². The highest BCUT2D eigenvalue weighted by molar-refractivity contribution is 6.09. The molecular formula is C20H19N2O5. The Kier molecular flexibility index (Phi) is 5.71. The second-order valence-electron chi connectivity index (χ2n) is 5.94. The van der Waals surface area contributed by atoms with Crippen molar-refractivity contribution < 1.29 is 23.9 Å². The first kappa shape index (κ1) is 18.4. The largest absolute Gasteiger partial charge is 0.490 e. The predicted octanol–water partition coefficient (Wildman–Crippen LogP) is 1.92. The molecule has 0 aliphatic carbocycles. The Morgan fingerprint density at radius 3 is 2.56 bits per heavy atom. The lowest BCUT2D eigenvalue weighted by atomic mass is 10.1. The summed E-state index contributed by atoms with van der Waals surface area (Å²) >= 11 is 0. The van der Waals surface area contributed by atoms with Crippen molar-refractivity contribution in [2.75, 3.05) is 24.7 Å². The van der Waals surface area contributed by atoms with E-state index in [1.807, 2.05) is 24.3 Å². The first-order chi connectivity index (χ1) is 13.0. The van der Waals surface area contributed by atoms with Gasteiger partial charge in [-0.1, -0.05) is 18.2 Å². The van der Waals surface area contributed by atoms with E-state index in [1.165, 1.54) is 11.8 Å². The summed E-state index contributed by atoms with van der Waals surface area (Å²) in [5.41, 5.74) is 1.97. The molecule has 1 aliphatic heterocycles. The van der Waals surface area contributed by atoms with Gasteiger partial charge in [0.25, 0.3) is 11.8 Å². The number of anilines is 1. The molecule has 27 heavy (non-hydrogen) atoms. The molecule has 0 saturated heterocycles. The number of nitrogens with zero attached hydrogens (tertiary/aromatic N) is 2. The summed E-state index contributed by atoms with van der Waals surface area (Å²) in [6, 6.07) is 14.0. The van der Waals surface area contributed by atoms with E-state index in [-0.39, 0.29) is 44.1 Å². The van der Waals surface area contributed by atoms with Crippen LogP contribution in [0.1, 0.15) is 22.8 Å². The van der Waals surface area contributed by atoms with E-state index >= 15 is 0 Å². The van der Waals surface area contributed by atoms with Gasteiger partial charge in [0.1, 0.15) is 25.5 Å². The van der Waals surface area contributed by atoms with Gasteiger partial charge in [0.05, 0.1) is 6.54 Å². The lowest BCUT2D eigenvalue weighted by molar-refractivity contribution is -0.141. The maximum Gasteiger partial charge on any atom is 0.302 e. The second kappa shape index (κ2) is 8.35. The van der Waals surface area contributed by atoms with Crippen LogP contribution in [-0.4, -0.2) is 37.5 Å². The smallest absolute Gasteiger partial charge is 0.302 e. The van der Waals surface area contributed by atoms with Crippen molar-refractivity contribution in [2.24, 2.45) is 0 Å². The topological polar surface area (TPSA) is 87.0 Å². The number of ether oxygens (including phenoxy) is 2. The van der Waals surface area contributed by atoms with E-state index in [1.54, 1.807) is 24.3 Å². The molecule has 1 heterocycles. The van der Waals surface area contributed by atoms with Gasteiger partial charge < -0.3 is 9.47 Å². The molecule has 2 aromatic carbocycles. The van der Waals surface area contributed by atoms with Crippen LogP contribution in [0.15, 0.2) is 48.5 Å². The van der Waals surface area contributed by atoms with E-state index in [0.29, 0.717) is 17.0 Å². The van der Waals surface area contributed by atoms with Crippen LogP contribution in [0, 0.1) is 0 Å². The molecular weight excluding hydrogens is 348 g/mol. The Morgan fingerprint density at radius 1 is 1.07 bits per heavy atom. The van der Waals surface area contributed by atoms with Gasteiger partial charge in [-0.15, -0.1) is 0 Å². The zero-order valence-electron chi connectivity index (χ0n) is 14.9. The maximum atomic E-state index is 12.9. The Hall–Kier alpha value is -3.35. The summed E-state index contributed by atoms with van der Waals surface area (Å²) in [7, 11) is 0. The minimum absolute atomic E-state index is 0.0868. The number of rotatable bonds is 5. The highest BCUT2D eigenvalue weighted by atomic mass is 16.6. The third-order valence-electron chi connectivity index (χ3n) is 4.01. The van der Waals surface area contributed by atoms with Crippen molar-refractivity contribution >= 4 is 23.5 Å². The molecule has 1 radical (unpaired) electrons. The second-order valence-corrected chi connectivity index (χ2v) is 5.94. The number of hydrogen-bond acceptors (Lipinski definition) is 5. The van der Waals surface area contributed by atoms with E-state index in [9.17, 15) is 14.4 Å². The van der Waals surface area contributed by atoms with Crippen LogP contribution in [0.4, 0.5) is 5.69 Å². The van der Waals surface area contributed by atoms with Crippen LogP contribution in [0.2, 0.25) is 0 Å². The molecule has 0 N–H and O–H groups in total. The molecule has 0 aromatic heterocycles. The van der Waals surface area contributed by atoms with Crippen molar-refractivity contribution in [3.05, 3.63) is 59.7 Å². The first-order valence-corrected chi connectivity index (χ1v) is 8.51. The monoisotopic (exact) mass is 367 g/mol. The summed E-state index contributed by atoms with van der Waals surface area (Å²) in [6.45, 7) is 1.90. The molecule has 7 nitrogen and oxygen atoms in total. The van der Waals surface area contributed by atoms with Crippen LogP contribution in [0.3, 0.4) is 0 Å². The minimum Gasteiger partial charge on any atom is -0.490 e. The van der Waals surface area contributed by atoms with Crippen LogP contribution in [0.5, 0.6) is 5.75 Å². The van der Waals surface area contributed by atoms with Crippen molar-refractivity contribution in [2.45, 2.75) is 13.5 Å². The van der Waals surface area contributed by atoms with Crippen molar-refractivity contribution in [1.29, 1.82) is 0 Å². The minimum atomic E-state index is -0.362. The lowest BCUT2D eigenvalue weighted by Gasteiger charge is -2.21. The Labute approximate surface area is 156 Å². The number of benzene rings is 2. The zero-order chi connectivity index (χ0) is 19.2. The molecule has 0 unspecified atom stereocenters. The predicted molar refractivity (Wildman–Crippen MR) is 97.5 cm³/mol. The van der Waals surface area contributed by atoms with Crippen LogP contribution in [0.25, 0.3) is 0 Å². The number of esters is 1. The maximum absolute atomic E-state index is 12.9. The highest BCUT2D eigenvalue weighted by Crippen LogP contribution is 2.25. The molecule has 1 aliphatic rings. The Morgan fingerprint density at radius 2 is 1.81 bits per heavy atom. The van der Waals surface area contributed by atoms with Gasteiger partial charge in [-0.3, -0.25) is 19.3 Å². The Balaban J connectivity index is 1.71. The third-order valence-corrected chi connectivity index (χ3v) is 4.01. The standard InChI is InChI=1S/C20H19N2O5/c1-14(23)26-10-11-27-17-8-6-15(7-9-17)20(25)22-13-19(24)21-12-16-4-2-3-5-18(16)22/h2-9H,10-13H2,1H3. The van der Waals surface area contributed by atoms with Gasteiger partial charge in [0.15, 0.2) is 0 Å². The number of amides is 2. The summed E-state index contributed by atoms with van der Waals surface area (Å²) in [6.07, 6.45) is 0. The lowest BCUT2D eigenvalue weighted by Crippen LogP contribution is -2.36. The zero-order valence-corrected chi connectivity index (χ0v) is 14.9. The van der Waals surface area contributed by atoms with Gasteiger partial charge in [-0.25, -0.2) is 5.32 Å². The number of para-hydroxylation sites is 1. The average molecular weight is 367 g/mol. The average Bonchev–Trinajstić information content (AvgIpc) is 2.84. The molecule has 2 amide bonds. The van der Waals surface area contributed by atoms with Crippen molar-refractivity contribution in [3.8, 4) is 5.75 Å². The highest BCUT2D eigenvalue weighted by Gasteiger charge is 2.26. The fraction of sp³-hybridized carbons (Fsp3) is 0.250. The molecule has 0 saturated carbocycles. The molecule has 0 bridgehead atoms. The number of hydrogen-bond donors (Lipinski definition) is 0. The normalized spacial score (nSPS) is 13.2. The molecule has 3 rings (SSSR count). The van der Waals surface area contributed by atoms with E-state index in [4.69, 9.17) is 9.47 Å². The van der Waals surface area contributed by atoms with E-state index in [2.05, 4.69) is 5.32 Å². The number of carbonyl (C=O) groups is 3. The molecule has 0 spiro atoms. The van der Waals surface area contributed by atoms with E-state index in [0.717, 1.165) is 5.56 Å². The number of fused-ring (bicyclic) bond motifs is 1. The van der Waals surface area contributed by atoms with Gasteiger partial charge in [0, 0.05) is 18.2 Å². The summed E-state index contributed by atoms with van der Waals surface area (Å²) in [5.74, 6) is -0.413. The first-order valence-electron chi connectivity index (χ1n) is 8.51. The molecule has 139 valence electrons. The molecule has 2 aromatic rings. The summed E-state index contributed by atoms with van der Waals surface area (Å²) in [5, 5.41) is 3.97. The number of carbonyl (C=O) groups excluding carboxylic acids is 3. The summed E-state index contributed by atoms with van der Waals surface area (Å²) in [4.78, 5) is 37.0. The van der Waals surface area contributed by atoms with Gasteiger partial charge in [-0.2, -0.15) is 0 Å². The van der Waals surface area contributed by atoms with Gasteiger partial charge in [0.2, 0.25) is 0 Å². The molecule has 0 atom stereocenters. The van der Waals surface area contributed by atoms with Gasteiger partial charge in [-0.05, 0) is 35.9 Å².